The standard InChI is InChI=1S/C6H12N3O3P3/c1-4(2)6(10)5-3-11-9-14-7-13-8-15(9)12-5/h5,7-8,13-14H,1,3H2,2H3. The first kappa shape index (κ1) is 12.0. The molecule has 0 saturated carbocycles. The number of carbonyl (C=O) groups excluding carboxylic acids is 1. The first-order valence-corrected chi connectivity index (χ1v) is 7.45. The van der Waals surface area contributed by atoms with Gasteiger partial charge in [-0.2, -0.15) is 0 Å². The summed E-state index contributed by atoms with van der Waals surface area (Å²) >= 11 is 0. The average molecular weight is 267 g/mol. The Bertz CT molecular complexity index is 290. The number of rotatable bonds is 2. The van der Waals surface area contributed by atoms with Gasteiger partial charge in [-0.25, -0.2) is 4.86 Å². The first-order chi connectivity index (χ1) is 7.18. The third-order valence-electron chi connectivity index (χ3n) is 1.82. The van der Waals surface area contributed by atoms with E-state index in [1.807, 2.05) is 0 Å². The van der Waals surface area contributed by atoms with Gasteiger partial charge in [0.25, 0.3) is 0 Å². The topological polar surface area (TPSA) is 62.8 Å². The fourth-order valence-corrected chi connectivity index (χ4v) is 5.57. The van der Waals surface area contributed by atoms with Crippen molar-refractivity contribution in [1.82, 2.24) is 14.3 Å². The molecule has 0 bridgehead atoms. The van der Waals surface area contributed by atoms with Gasteiger partial charge in [0.2, 0.25) is 8.45 Å². The van der Waals surface area contributed by atoms with Crippen molar-refractivity contribution in [3.8, 4) is 0 Å². The van der Waals surface area contributed by atoms with E-state index >= 15 is 0 Å². The maximum absolute atomic E-state index is 11.6. The molecule has 2 rings (SSSR count). The summed E-state index contributed by atoms with van der Waals surface area (Å²) in [6, 6.07) is 0. The molecular formula is C6H12N3O3P3. The molecule has 84 valence electrons. The second kappa shape index (κ2) is 5.22. The van der Waals surface area contributed by atoms with Crippen molar-refractivity contribution in [3.63, 3.8) is 0 Å². The number of nitrogens with zero attached hydrogens (tertiary/aromatic N) is 1. The monoisotopic (exact) mass is 267 g/mol. The van der Waals surface area contributed by atoms with Crippen LogP contribution in [0.4, 0.5) is 0 Å². The predicted octanol–water partition coefficient (Wildman–Crippen LogP) is 1.20. The molecule has 0 spiro atoms. The number of hydrogen-bond acceptors (Lipinski definition) is 6. The Kier molecular flexibility index (Phi) is 4.17. The van der Waals surface area contributed by atoms with E-state index in [1.165, 1.54) is 0 Å². The smallest absolute Gasteiger partial charge is 0.220 e. The van der Waals surface area contributed by atoms with E-state index in [-0.39, 0.29) is 12.4 Å². The molecule has 0 amide bonds. The van der Waals surface area contributed by atoms with Crippen LogP contribution in [0.25, 0.3) is 0 Å². The summed E-state index contributed by atoms with van der Waals surface area (Å²) in [6.07, 6.45) is -0.509. The Hall–Kier alpha value is 0.500. The number of ketones is 1. The average Bonchev–Trinajstić information content (AvgIpc) is 2.27. The summed E-state index contributed by atoms with van der Waals surface area (Å²) < 4.78 is 7.36. The minimum atomic E-state index is -0.981. The summed E-state index contributed by atoms with van der Waals surface area (Å²) in [5.41, 5.74) is 0.507. The lowest BCUT2D eigenvalue weighted by Gasteiger charge is -2.39. The molecule has 0 aromatic rings. The van der Waals surface area contributed by atoms with Crippen LogP contribution >= 0.6 is 26.2 Å². The number of Topliss-reactive ketones (excluding diaryl/α,β-unsaturated/α-hetero) is 1. The van der Waals surface area contributed by atoms with E-state index < -0.39 is 14.6 Å². The van der Waals surface area contributed by atoms with E-state index in [2.05, 4.69) is 16.3 Å². The number of fused-ring (bicyclic) bond motifs is 1. The zero-order valence-electron chi connectivity index (χ0n) is 8.11. The number of carbonyl (C=O) groups is 1. The third-order valence-corrected chi connectivity index (χ3v) is 6.04. The molecule has 2 fully saturated rings. The van der Waals surface area contributed by atoms with Crippen LogP contribution in [0.3, 0.4) is 0 Å². The van der Waals surface area contributed by atoms with Gasteiger partial charge in [0.05, 0.1) is 8.88 Å². The van der Waals surface area contributed by atoms with E-state index in [1.54, 1.807) is 11.5 Å². The van der Waals surface area contributed by atoms with Gasteiger partial charge in [-0.15, -0.1) is 0 Å². The fraction of sp³-hybridized carbons (Fsp3) is 0.500. The van der Waals surface area contributed by atoms with Crippen LogP contribution in [0.2, 0.25) is 0 Å². The maximum atomic E-state index is 11.6. The van der Waals surface area contributed by atoms with Gasteiger partial charge in [0.1, 0.15) is 6.61 Å². The van der Waals surface area contributed by atoms with Crippen LogP contribution in [0.5, 0.6) is 0 Å². The lowest BCUT2D eigenvalue weighted by atomic mass is 10.1. The minimum absolute atomic E-state index is 0.0795. The predicted molar refractivity (Wildman–Crippen MR) is 62.3 cm³/mol. The Labute approximate surface area is 92.8 Å². The molecule has 0 radical (unpaired) electrons. The second-order valence-corrected chi connectivity index (χ2v) is 7.32. The first-order valence-electron chi connectivity index (χ1n) is 4.29. The van der Waals surface area contributed by atoms with Gasteiger partial charge in [-0.3, -0.25) is 14.5 Å². The summed E-state index contributed by atoms with van der Waals surface area (Å²) in [4.78, 5) is 23.3. The van der Waals surface area contributed by atoms with Gasteiger partial charge >= 0.3 is 0 Å². The fourth-order valence-electron chi connectivity index (χ4n) is 1.08. The van der Waals surface area contributed by atoms with Crippen LogP contribution in [0.15, 0.2) is 12.2 Å². The SMILES string of the molecule is C=C(C)C(=O)C1CON2PNPNP2O1. The van der Waals surface area contributed by atoms with Crippen LogP contribution in [0.1, 0.15) is 6.92 Å². The second-order valence-electron chi connectivity index (χ2n) is 3.05. The van der Waals surface area contributed by atoms with E-state index in [0.29, 0.717) is 23.3 Å². The molecule has 15 heavy (non-hydrogen) atoms. The zero-order valence-corrected chi connectivity index (χ0v) is 11.0. The van der Waals surface area contributed by atoms with Crippen LogP contribution in [-0.4, -0.2) is 23.1 Å². The minimum Gasteiger partial charge on any atom is -0.315 e. The van der Waals surface area contributed by atoms with Gasteiger partial charge in [0.15, 0.2) is 11.9 Å². The molecule has 2 heterocycles. The highest BCUT2D eigenvalue weighted by Gasteiger charge is 2.36. The highest BCUT2D eigenvalue weighted by Crippen LogP contribution is 2.54. The Balaban J connectivity index is 1.96. The molecule has 0 aromatic carbocycles. The molecular weight excluding hydrogens is 255 g/mol. The van der Waals surface area contributed by atoms with E-state index in [0.717, 1.165) is 0 Å². The molecule has 4 atom stereocenters. The number of nitrogens with one attached hydrogen (secondary N) is 2. The molecule has 4 unspecified atom stereocenters. The summed E-state index contributed by atoms with van der Waals surface area (Å²) in [7, 11) is -0.141. The molecule has 0 aliphatic carbocycles. The molecule has 2 aliphatic rings. The van der Waals surface area contributed by atoms with Crippen molar-refractivity contribution in [1.29, 1.82) is 0 Å². The van der Waals surface area contributed by atoms with Gasteiger partial charge in [0, 0.05) is 8.88 Å². The number of hydrogen-bond donors (Lipinski definition) is 2. The Morgan fingerprint density at radius 2 is 2.53 bits per heavy atom. The van der Waals surface area contributed by atoms with Crippen LogP contribution in [0, 0.1) is 0 Å². The summed E-state index contributed by atoms with van der Waals surface area (Å²) in [5, 5.41) is 0. The zero-order chi connectivity index (χ0) is 10.8. The third kappa shape index (κ3) is 2.79. The van der Waals surface area contributed by atoms with E-state index in [9.17, 15) is 4.79 Å². The highest BCUT2D eigenvalue weighted by molar-refractivity contribution is 7.70. The van der Waals surface area contributed by atoms with Crippen LogP contribution in [-0.2, 0) is 14.2 Å². The van der Waals surface area contributed by atoms with E-state index in [4.69, 9.17) is 9.36 Å². The van der Waals surface area contributed by atoms with Gasteiger partial charge < -0.3 is 4.52 Å². The highest BCUT2D eigenvalue weighted by atomic mass is 31.2. The lowest BCUT2D eigenvalue weighted by molar-refractivity contribution is -0.136. The summed E-state index contributed by atoms with van der Waals surface area (Å²) in [5.74, 6) is -0.0795. The molecule has 2 aliphatic heterocycles. The molecule has 2 saturated heterocycles. The maximum Gasteiger partial charge on any atom is 0.220 e. The van der Waals surface area contributed by atoms with Crippen LogP contribution < -0.4 is 9.72 Å². The normalized spacial score (nSPS) is 35.3. The largest absolute Gasteiger partial charge is 0.315 e. The molecule has 9 heteroatoms. The Morgan fingerprint density at radius 1 is 1.73 bits per heavy atom. The summed E-state index contributed by atoms with van der Waals surface area (Å²) in [6.45, 7) is 5.57. The van der Waals surface area contributed by atoms with Crippen molar-refractivity contribution in [2.45, 2.75) is 13.0 Å². The van der Waals surface area contributed by atoms with Crippen molar-refractivity contribution in [2.75, 3.05) is 6.61 Å². The molecule has 0 aromatic heterocycles. The molecule has 2 N–H and O–H groups in total. The van der Waals surface area contributed by atoms with Gasteiger partial charge in [-0.1, -0.05) is 11.2 Å². The van der Waals surface area contributed by atoms with Gasteiger partial charge in [-0.05, 0) is 12.5 Å². The van der Waals surface area contributed by atoms with Crippen molar-refractivity contribution in [2.24, 2.45) is 0 Å². The van der Waals surface area contributed by atoms with Crippen molar-refractivity contribution >= 4 is 32.0 Å². The Morgan fingerprint density at radius 3 is 3.27 bits per heavy atom. The lowest BCUT2D eigenvalue weighted by Crippen LogP contribution is -2.39. The van der Waals surface area contributed by atoms with Crippen molar-refractivity contribution < 1.29 is 14.2 Å². The quantitative estimate of drug-likeness (QED) is 0.579. The van der Waals surface area contributed by atoms with Crippen molar-refractivity contribution in [3.05, 3.63) is 12.2 Å². The molecule has 6 nitrogen and oxygen atoms in total.